The van der Waals surface area contributed by atoms with Gasteiger partial charge in [-0.15, -0.1) is 0 Å². The summed E-state index contributed by atoms with van der Waals surface area (Å²) in [5.74, 6) is 1.39. The van der Waals surface area contributed by atoms with Crippen LogP contribution in [0.15, 0.2) is 28.8 Å². The van der Waals surface area contributed by atoms with Crippen molar-refractivity contribution in [3.05, 3.63) is 35.2 Å². The van der Waals surface area contributed by atoms with Crippen LogP contribution in [0.1, 0.15) is 18.7 Å². The summed E-state index contributed by atoms with van der Waals surface area (Å²) in [6.07, 6.45) is 2.25. The van der Waals surface area contributed by atoms with Gasteiger partial charge in [0, 0.05) is 10.6 Å². The molecule has 1 aromatic heterocycles. The lowest BCUT2D eigenvalue weighted by Gasteiger charge is -2.03. The Morgan fingerprint density at radius 3 is 3.00 bits per heavy atom. The lowest BCUT2D eigenvalue weighted by Crippen LogP contribution is -2.12. The molecule has 1 heterocycles. The van der Waals surface area contributed by atoms with Crippen LogP contribution in [0.5, 0.6) is 0 Å². The second-order valence-electron chi connectivity index (χ2n) is 4.63. The first-order valence-corrected chi connectivity index (χ1v) is 6.37. The van der Waals surface area contributed by atoms with Gasteiger partial charge in [0.25, 0.3) is 0 Å². The number of hydrogen-bond donors (Lipinski definition) is 1. The van der Waals surface area contributed by atoms with Gasteiger partial charge in [-0.3, -0.25) is 0 Å². The predicted molar refractivity (Wildman–Crippen MR) is 67.2 cm³/mol. The van der Waals surface area contributed by atoms with E-state index in [0.29, 0.717) is 29.1 Å². The zero-order valence-electron chi connectivity index (χ0n) is 9.71. The van der Waals surface area contributed by atoms with Gasteiger partial charge < -0.3 is 9.63 Å². The molecule has 5 heteroatoms. The molecular formula is C13H13ClN2O2. The second-order valence-corrected chi connectivity index (χ2v) is 5.07. The number of aromatic nitrogens is 2. The third-order valence-electron chi connectivity index (χ3n) is 3.10. The highest BCUT2D eigenvalue weighted by Gasteiger charge is 2.31. The Morgan fingerprint density at radius 1 is 1.44 bits per heavy atom. The highest BCUT2D eigenvalue weighted by atomic mass is 35.5. The largest absolute Gasteiger partial charge is 0.392 e. The Balaban J connectivity index is 1.76. The fourth-order valence-electron chi connectivity index (χ4n) is 1.91. The van der Waals surface area contributed by atoms with Crippen molar-refractivity contribution in [3.63, 3.8) is 0 Å². The van der Waals surface area contributed by atoms with E-state index < -0.39 is 0 Å². The summed E-state index contributed by atoms with van der Waals surface area (Å²) in [7, 11) is 0. The Hall–Kier alpha value is -1.39. The van der Waals surface area contributed by atoms with Gasteiger partial charge in [0.1, 0.15) is 0 Å². The monoisotopic (exact) mass is 264 g/mol. The molecule has 0 aliphatic heterocycles. The maximum absolute atomic E-state index is 9.82. The number of aliphatic hydroxyl groups excluding tert-OH is 1. The highest BCUT2D eigenvalue weighted by Crippen LogP contribution is 2.33. The van der Waals surface area contributed by atoms with Gasteiger partial charge in [0.05, 0.1) is 12.5 Å². The highest BCUT2D eigenvalue weighted by molar-refractivity contribution is 6.30. The molecule has 18 heavy (non-hydrogen) atoms. The van der Waals surface area contributed by atoms with Crippen LogP contribution in [-0.2, 0) is 6.42 Å². The molecule has 0 saturated heterocycles. The molecule has 1 aromatic carbocycles. The Kier molecular flexibility index (Phi) is 3.06. The molecule has 0 amide bonds. The quantitative estimate of drug-likeness (QED) is 0.922. The molecule has 4 nitrogen and oxygen atoms in total. The Morgan fingerprint density at radius 2 is 2.28 bits per heavy atom. The smallest absolute Gasteiger partial charge is 0.229 e. The average Bonchev–Trinajstić information content (AvgIpc) is 3.10. The lowest BCUT2D eigenvalue weighted by molar-refractivity contribution is 0.140. The minimum Gasteiger partial charge on any atom is -0.392 e. The van der Waals surface area contributed by atoms with E-state index in [1.54, 1.807) is 12.1 Å². The molecular weight excluding hydrogens is 252 g/mol. The first-order valence-electron chi connectivity index (χ1n) is 5.99. The van der Waals surface area contributed by atoms with Crippen LogP contribution < -0.4 is 0 Å². The van der Waals surface area contributed by atoms with Gasteiger partial charge in [-0.1, -0.05) is 28.9 Å². The molecule has 1 saturated carbocycles. The zero-order chi connectivity index (χ0) is 12.5. The van der Waals surface area contributed by atoms with Crippen LogP contribution >= 0.6 is 11.6 Å². The van der Waals surface area contributed by atoms with Crippen molar-refractivity contribution in [2.24, 2.45) is 5.92 Å². The first kappa shape index (κ1) is 11.7. The van der Waals surface area contributed by atoms with E-state index in [1.165, 1.54) is 0 Å². The van der Waals surface area contributed by atoms with Crippen molar-refractivity contribution in [1.29, 1.82) is 0 Å². The maximum atomic E-state index is 9.82. The minimum atomic E-state index is -0.363. The van der Waals surface area contributed by atoms with Gasteiger partial charge in [-0.2, -0.15) is 4.98 Å². The molecule has 1 unspecified atom stereocenters. The summed E-state index contributed by atoms with van der Waals surface area (Å²) in [5.41, 5.74) is 0.818. The fourth-order valence-corrected chi connectivity index (χ4v) is 2.10. The first-order chi connectivity index (χ1) is 8.72. The van der Waals surface area contributed by atoms with Crippen LogP contribution in [0.2, 0.25) is 5.02 Å². The van der Waals surface area contributed by atoms with Crippen LogP contribution in [0.25, 0.3) is 11.4 Å². The van der Waals surface area contributed by atoms with E-state index in [9.17, 15) is 5.11 Å². The summed E-state index contributed by atoms with van der Waals surface area (Å²) in [5, 5.41) is 14.4. The summed E-state index contributed by atoms with van der Waals surface area (Å²) in [6, 6.07) is 7.29. The molecule has 0 radical (unpaired) electrons. The maximum Gasteiger partial charge on any atom is 0.229 e. The van der Waals surface area contributed by atoms with Gasteiger partial charge >= 0.3 is 0 Å². The fraction of sp³-hybridized carbons (Fsp3) is 0.385. The van der Waals surface area contributed by atoms with E-state index in [-0.39, 0.29) is 6.10 Å². The van der Waals surface area contributed by atoms with E-state index in [0.717, 1.165) is 18.4 Å². The zero-order valence-corrected chi connectivity index (χ0v) is 10.5. The molecule has 1 atom stereocenters. The third kappa shape index (κ3) is 2.54. The normalized spacial score (nSPS) is 16.8. The molecule has 94 valence electrons. The SMILES string of the molecule is OC(Cc1nc(-c2cccc(Cl)c2)no1)C1CC1. The summed E-state index contributed by atoms with van der Waals surface area (Å²) in [6.45, 7) is 0. The lowest BCUT2D eigenvalue weighted by atomic mass is 10.1. The van der Waals surface area contributed by atoms with E-state index in [1.807, 2.05) is 12.1 Å². The van der Waals surface area contributed by atoms with Crippen LogP contribution in [0, 0.1) is 5.92 Å². The molecule has 1 N–H and O–H groups in total. The van der Waals surface area contributed by atoms with Gasteiger partial charge in [0.15, 0.2) is 0 Å². The summed E-state index contributed by atoms with van der Waals surface area (Å²) >= 11 is 5.91. The number of aliphatic hydroxyl groups is 1. The van der Waals surface area contributed by atoms with Crippen molar-refractivity contribution in [3.8, 4) is 11.4 Å². The van der Waals surface area contributed by atoms with Crippen LogP contribution in [-0.4, -0.2) is 21.4 Å². The predicted octanol–water partition coefficient (Wildman–Crippen LogP) is 2.70. The van der Waals surface area contributed by atoms with Crippen LogP contribution in [0.4, 0.5) is 0 Å². The number of hydrogen-bond acceptors (Lipinski definition) is 4. The molecule has 1 fully saturated rings. The number of rotatable bonds is 4. The van der Waals surface area contributed by atoms with Crippen molar-refractivity contribution < 1.29 is 9.63 Å². The Labute approximate surface area is 110 Å². The second kappa shape index (κ2) is 4.71. The summed E-state index contributed by atoms with van der Waals surface area (Å²) in [4.78, 5) is 4.28. The average molecular weight is 265 g/mol. The van der Waals surface area contributed by atoms with E-state index in [4.69, 9.17) is 16.1 Å². The topological polar surface area (TPSA) is 59.2 Å². The van der Waals surface area contributed by atoms with Crippen molar-refractivity contribution in [1.82, 2.24) is 10.1 Å². The van der Waals surface area contributed by atoms with E-state index in [2.05, 4.69) is 10.1 Å². The summed E-state index contributed by atoms with van der Waals surface area (Å²) < 4.78 is 5.14. The molecule has 0 spiro atoms. The molecule has 0 bridgehead atoms. The van der Waals surface area contributed by atoms with Gasteiger partial charge in [-0.25, -0.2) is 0 Å². The number of nitrogens with zero attached hydrogens (tertiary/aromatic N) is 2. The molecule has 2 aromatic rings. The van der Waals surface area contributed by atoms with Crippen molar-refractivity contribution in [2.45, 2.75) is 25.4 Å². The molecule has 3 rings (SSSR count). The number of halogens is 1. The van der Waals surface area contributed by atoms with Crippen LogP contribution in [0.3, 0.4) is 0 Å². The van der Waals surface area contributed by atoms with Crippen molar-refractivity contribution >= 4 is 11.6 Å². The third-order valence-corrected chi connectivity index (χ3v) is 3.34. The number of benzene rings is 1. The minimum absolute atomic E-state index is 0.363. The van der Waals surface area contributed by atoms with Gasteiger partial charge in [-0.05, 0) is 30.9 Å². The Bertz CT molecular complexity index is 551. The molecule has 1 aliphatic rings. The standard InChI is InChI=1S/C13H13ClN2O2/c14-10-3-1-2-9(6-10)13-15-12(18-16-13)7-11(17)8-4-5-8/h1-3,6,8,11,17H,4-5,7H2. The van der Waals surface area contributed by atoms with Gasteiger partial charge in [0.2, 0.25) is 11.7 Å². The van der Waals surface area contributed by atoms with Crippen molar-refractivity contribution in [2.75, 3.05) is 0 Å². The van der Waals surface area contributed by atoms with E-state index >= 15 is 0 Å². The molecule has 1 aliphatic carbocycles.